The zero-order valence-electron chi connectivity index (χ0n) is 9.76. The largest absolute Gasteiger partial charge is 0.360 e. The summed E-state index contributed by atoms with van der Waals surface area (Å²) >= 11 is 1.87. The third kappa shape index (κ3) is 2.91. The molecule has 0 spiro atoms. The summed E-state index contributed by atoms with van der Waals surface area (Å²) in [7, 11) is 0. The maximum atomic E-state index is 4.66. The molecule has 0 saturated heterocycles. The Labute approximate surface area is 92.0 Å². The first-order valence-corrected chi connectivity index (χ1v) is 6.61. The van der Waals surface area contributed by atoms with E-state index in [1.165, 1.54) is 0 Å². The standard InChI is InChI=1S/C11H22N2S/c1-5-9-8-14-10(12-9)13-11(4,6-2)7-3/h9H,5-8H2,1-4H3,(H,12,13). The van der Waals surface area contributed by atoms with Gasteiger partial charge in [0.25, 0.3) is 0 Å². The highest BCUT2D eigenvalue weighted by molar-refractivity contribution is 8.14. The van der Waals surface area contributed by atoms with E-state index in [0.29, 0.717) is 6.04 Å². The van der Waals surface area contributed by atoms with E-state index in [4.69, 9.17) is 0 Å². The van der Waals surface area contributed by atoms with Gasteiger partial charge in [-0.2, -0.15) is 0 Å². The highest BCUT2D eigenvalue weighted by atomic mass is 32.2. The van der Waals surface area contributed by atoms with Crippen LogP contribution in [0.5, 0.6) is 0 Å². The van der Waals surface area contributed by atoms with E-state index in [1.54, 1.807) is 0 Å². The quantitative estimate of drug-likeness (QED) is 0.778. The van der Waals surface area contributed by atoms with Crippen molar-refractivity contribution in [2.45, 2.75) is 58.5 Å². The number of aliphatic imine (C=N–C) groups is 1. The summed E-state index contributed by atoms with van der Waals surface area (Å²) in [5.74, 6) is 1.16. The summed E-state index contributed by atoms with van der Waals surface area (Å²) in [5.41, 5.74) is 0.231. The molecule has 1 aliphatic heterocycles. The van der Waals surface area contributed by atoms with Crippen LogP contribution >= 0.6 is 11.8 Å². The van der Waals surface area contributed by atoms with Gasteiger partial charge in [0.15, 0.2) is 5.17 Å². The smallest absolute Gasteiger partial charge is 0.157 e. The highest BCUT2D eigenvalue weighted by Crippen LogP contribution is 2.22. The minimum Gasteiger partial charge on any atom is -0.360 e. The molecule has 0 bridgehead atoms. The summed E-state index contributed by atoms with van der Waals surface area (Å²) < 4.78 is 0. The predicted octanol–water partition coefficient (Wildman–Crippen LogP) is 3.04. The van der Waals surface area contributed by atoms with Crippen molar-refractivity contribution < 1.29 is 0 Å². The number of thioether (sulfide) groups is 1. The SMILES string of the molecule is CCC1CSC(NC(C)(CC)CC)=N1. The zero-order chi connectivity index (χ0) is 10.6. The minimum atomic E-state index is 0.231. The molecule has 0 fully saturated rings. The van der Waals surface area contributed by atoms with Gasteiger partial charge in [-0.1, -0.05) is 32.5 Å². The van der Waals surface area contributed by atoms with E-state index in [-0.39, 0.29) is 5.54 Å². The third-order valence-electron chi connectivity index (χ3n) is 3.15. The number of rotatable bonds is 4. The second-order valence-corrected chi connectivity index (χ2v) is 5.21. The molecule has 3 heteroatoms. The van der Waals surface area contributed by atoms with E-state index in [1.807, 2.05) is 11.8 Å². The van der Waals surface area contributed by atoms with Crippen molar-refractivity contribution in [2.24, 2.45) is 4.99 Å². The predicted molar refractivity (Wildman–Crippen MR) is 66.1 cm³/mol. The van der Waals surface area contributed by atoms with E-state index in [9.17, 15) is 0 Å². The topological polar surface area (TPSA) is 24.4 Å². The Bertz CT molecular complexity index is 209. The maximum Gasteiger partial charge on any atom is 0.157 e. The van der Waals surface area contributed by atoms with Crippen LogP contribution in [-0.2, 0) is 0 Å². The van der Waals surface area contributed by atoms with Crippen LogP contribution in [-0.4, -0.2) is 22.5 Å². The van der Waals surface area contributed by atoms with Gasteiger partial charge >= 0.3 is 0 Å². The fourth-order valence-electron chi connectivity index (χ4n) is 1.38. The van der Waals surface area contributed by atoms with Crippen LogP contribution < -0.4 is 5.32 Å². The van der Waals surface area contributed by atoms with Crippen LogP contribution in [0.4, 0.5) is 0 Å². The number of amidine groups is 1. The number of nitrogens with zero attached hydrogens (tertiary/aromatic N) is 1. The van der Waals surface area contributed by atoms with Gasteiger partial charge in [-0.15, -0.1) is 0 Å². The van der Waals surface area contributed by atoms with E-state index >= 15 is 0 Å². The lowest BCUT2D eigenvalue weighted by Gasteiger charge is -2.28. The van der Waals surface area contributed by atoms with Crippen molar-refractivity contribution in [2.75, 3.05) is 5.75 Å². The number of hydrogen-bond donors (Lipinski definition) is 1. The zero-order valence-corrected chi connectivity index (χ0v) is 10.6. The molecule has 0 aromatic carbocycles. The molecule has 0 amide bonds. The van der Waals surface area contributed by atoms with Gasteiger partial charge in [0.05, 0.1) is 6.04 Å². The molecule has 0 aromatic rings. The molecule has 1 N–H and O–H groups in total. The molecule has 0 saturated carbocycles. The van der Waals surface area contributed by atoms with Crippen molar-refractivity contribution in [3.8, 4) is 0 Å². The lowest BCUT2D eigenvalue weighted by molar-refractivity contribution is 0.391. The summed E-state index contributed by atoms with van der Waals surface area (Å²) in [5, 5.41) is 4.72. The average Bonchev–Trinajstić information content (AvgIpc) is 2.65. The van der Waals surface area contributed by atoms with Crippen molar-refractivity contribution in [3.05, 3.63) is 0 Å². The maximum absolute atomic E-state index is 4.66. The Morgan fingerprint density at radius 3 is 2.50 bits per heavy atom. The highest BCUT2D eigenvalue weighted by Gasteiger charge is 2.24. The first-order valence-electron chi connectivity index (χ1n) is 5.62. The Morgan fingerprint density at radius 2 is 2.07 bits per heavy atom. The molecule has 14 heavy (non-hydrogen) atoms. The molecule has 1 aliphatic rings. The molecule has 1 atom stereocenters. The van der Waals surface area contributed by atoms with Gasteiger partial charge in [-0.25, -0.2) is 0 Å². The van der Waals surface area contributed by atoms with E-state index < -0.39 is 0 Å². The average molecular weight is 214 g/mol. The van der Waals surface area contributed by atoms with Gasteiger partial charge in [0.1, 0.15) is 0 Å². The first-order chi connectivity index (χ1) is 6.63. The van der Waals surface area contributed by atoms with Crippen LogP contribution in [0.1, 0.15) is 47.0 Å². The molecule has 82 valence electrons. The van der Waals surface area contributed by atoms with Gasteiger partial charge in [0, 0.05) is 11.3 Å². The molecular formula is C11H22N2S. The Kier molecular flexibility index (Phi) is 4.30. The second kappa shape index (κ2) is 5.06. The fourth-order valence-corrected chi connectivity index (χ4v) is 2.58. The monoisotopic (exact) mass is 214 g/mol. The van der Waals surface area contributed by atoms with Crippen LogP contribution in [0.2, 0.25) is 0 Å². The summed E-state index contributed by atoms with van der Waals surface area (Å²) in [6, 6.07) is 0.542. The Hall–Kier alpha value is -0.180. The van der Waals surface area contributed by atoms with Crippen molar-refractivity contribution in [1.82, 2.24) is 5.32 Å². The van der Waals surface area contributed by atoms with Crippen LogP contribution in [0.3, 0.4) is 0 Å². The second-order valence-electron chi connectivity index (χ2n) is 4.20. The normalized spacial score (nSPS) is 22.3. The molecule has 1 heterocycles. The molecule has 2 nitrogen and oxygen atoms in total. The number of hydrogen-bond acceptors (Lipinski definition) is 3. The van der Waals surface area contributed by atoms with E-state index in [2.05, 4.69) is 38.0 Å². The van der Waals surface area contributed by atoms with Gasteiger partial charge in [-0.3, -0.25) is 4.99 Å². The van der Waals surface area contributed by atoms with Gasteiger partial charge in [0.2, 0.25) is 0 Å². The molecule has 1 rings (SSSR count). The van der Waals surface area contributed by atoms with Gasteiger partial charge < -0.3 is 5.32 Å². The first kappa shape index (κ1) is 11.9. The lowest BCUT2D eigenvalue weighted by Crippen LogP contribution is -2.43. The van der Waals surface area contributed by atoms with Crippen LogP contribution in [0.25, 0.3) is 0 Å². The van der Waals surface area contributed by atoms with Gasteiger partial charge in [-0.05, 0) is 26.2 Å². The van der Waals surface area contributed by atoms with Crippen molar-refractivity contribution >= 4 is 16.9 Å². The van der Waals surface area contributed by atoms with E-state index in [0.717, 1.165) is 30.2 Å². The molecule has 0 aliphatic carbocycles. The fraction of sp³-hybridized carbons (Fsp3) is 0.909. The summed E-state index contributed by atoms with van der Waals surface area (Å²) in [6.45, 7) is 8.94. The summed E-state index contributed by atoms with van der Waals surface area (Å²) in [4.78, 5) is 4.66. The van der Waals surface area contributed by atoms with Crippen molar-refractivity contribution in [3.63, 3.8) is 0 Å². The Balaban J connectivity index is 2.52. The van der Waals surface area contributed by atoms with Crippen LogP contribution in [0, 0.1) is 0 Å². The molecular weight excluding hydrogens is 192 g/mol. The molecule has 0 aromatic heterocycles. The number of nitrogens with one attached hydrogen (secondary N) is 1. The minimum absolute atomic E-state index is 0.231. The van der Waals surface area contributed by atoms with Crippen LogP contribution in [0.15, 0.2) is 4.99 Å². The third-order valence-corrected chi connectivity index (χ3v) is 4.19. The molecule has 0 radical (unpaired) electrons. The summed E-state index contributed by atoms with van der Waals surface area (Å²) in [6.07, 6.45) is 3.47. The van der Waals surface area contributed by atoms with Crippen molar-refractivity contribution in [1.29, 1.82) is 0 Å². The Morgan fingerprint density at radius 1 is 1.43 bits per heavy atom. The molecule has 1 unspecified atom stereocenters. The lowest BCUT2D eigenvalue weighted by atomic mass is 9.96.